The standard InChI is InChI=1S/C11H16N4O3/c16-10(2-4-15-8-12-7-13-15)14-3-1-9(6-14)5-11(17)18/h7-9H,1-6H2,(H,17,18). The van der Waals surface area contributed by atoms with Gasteiger partial charge in [0.25, 0.3) is 0 Å². The first-order chi connectivity index (χ1) is 8.65. The van der Waals surface area contributed by atoms with Crippen molar-refractivity contribution in [1.82, 2.24) is 19.7 Å². The van der Waals surface area contributed by atoms with Crippen LogP contribution in [0.5, 0.6) is 0 Å². The van der Waals surface area contributed by atoms with Crippen molar-refractivity contribution >= 4 is 11.9 Å². The molecule has 0 saturated carbocycles. The Bertz CT molecular complexity index is 418. The Morgan fingerprint density at radius 2 is 2.28 bits per heavy atom. The lowest BCUT2D eigenvalue weighted by Gasteiger charge is -2.16. The topological polar surface area (TPSA) is 88.3 Å². The molecule has 0 spiro atoms. The van der Waals surface area contributed by atoms with Crippen LogP contribution in [0.4, 0.5) is 0 Å². The molecule has 7 nitrogen and oxygen atoms in total. The van der Waals surface area contributed by atoms with Gasteiger partial charge < -0.3 is 10.0 Å². The van der Waals surface area contributed by atoms with Gasteiger partial charge in [0.1, 0.15) is 12.7 Å². The van der Waals surface area contributed by atoms with Gasteiger partial charge in [-0.1, -0.05) is 0 Å². The second kappa shape index (κ2) is 5.61. The number of carboxylic acid groups (broad SMARTS) is 1. The molecule has 7 heteroatoms. The smallest absolute Gasteiger partial charge is 0.303 e. The number of nitrogens with zero attached hydrogens (tertiary/aromatic N) is 4. The number of hydrogen-bond donors (Lipinski definition) is 1. The molecule has 18 heavy (non-hydrogen) atoms. The van der Waals surface area contributed by atoms with Gasteiger partial charge in [-0.2, -0.15) is 5.10 Å². The Hall–Kier alpha value is -1.92. The summed E-state index contributed by atoms with van der Waals surface area (Å²) in [5.74, 6) is -0.645. The molecule has 1 aliphatic rings. The van der Waals surface area contributed by atoms with E-state index in [0.29, 0.717) is 26.1 Å². The molecule has 1 saturated heterocycles. The lowest BCUT2D eigenvalue weighted by atomic mass is 10.1. The van der Waals surface area contributed by atoms with Crippen molar-refractivity contribution in [3.05, 3.63) is 12.7 Å². The quantitative estimate of drug-likeness (QED) is 0.796. The third-order valence-electron chi connectivity index (χ3n) is 3.12. The summed E-state index contributed by atoms with van der Waals surface area (Å²) in [6.45, 7) is 1.73. The average molecular weight is 252 g/mol. The molecule has 1 atom stereocenters. The molecule has 1 aromatic heterocycles. The van der Waals surface area contributed by atoms with Gasteiger partial charge in [-0.05, 0) is 12.3 Å². The molecule has 1 unspecified atom stereocenters. The largest absolute Gasteiger partial charge is 0.481 e. The molecule has 1 aromatic rings. The minimum Gasteiger partial charge on any atom is -0.481 e. The molecule has 0 aliphatic carbocycles. The van der Waals surface area contributed by atoms with Gasteiger partial charge in [0.15, 0.2) is 0 Å². The predicted octanol–water partition coefficient (Wildman–Crippen LogP) is -0.00860. The van der Waals surface area contributed by atoms with E-state index in [4.69, 9.17) is 5.11 Å². The van der Waals surface area contributed by atoms with Crippen LogP contribution in [0, 0.1) is 5.92 Å². The van der Waals surface area contributed by atoms with Crippen LogP contribution in [0.1, 0.15) is 19.3 Å². The van der Waals surface area contributed by atoms with Crippen LogP contribution in [0.3, 0.4) is 0 Å². The zero-order valence-electron chi connectivity index (χ0n) is 10.0. The van der Waals surface area contributed by atoms with E-state index in [1.54, 1.807) is 15.9 Å². The van der Waals surface area contributed by atoms with Crippen molar-refractivity contribution in [3.8, 4) is 0 Å². The SMILES string of the molecule is O=C(O)CC1CCN(C(=O)CCn2cncn2)C1. The van der Waals surface area contributed by atoms with Crippen LogP contribution < -0.4 is 0 Å². The van der Waals surface area contributed by atoms with Crippen molar-refractivity contribution < 1.29 is 14.7 Å². The van der Waals surface area contributed by atoms with Gasteiger partial charge in [-0.25, -0.2) is 4.98 Å². The molecule has 2 heterocycles. The molecule has 1 fully saturated rings. The summed E-state index contributed by atoms with van der Waals surface area (Å²) < 4.78 is 1.61. The zero-order chi connectivity index (χ0) is 13.0. The molecule has 1 N–H and O–H groups in total. The number of aromatic nitrogens is 3. The second-order valence-electron chi connectivity index (χ2n) is 4.50. The zero-order valence-corrected chi connectivity index (χ0v) is 10.0. The Morgan fingerprint density at radius 1 is 1.44 bits per heavy atom. The van der Waals surface area contributed by atoms with E-state index < -0.39 is 5.97 Å². The van der Waals surface area contributed by atoms with Crippen molar-refractivity contribution in [3.63, 3.8) is 0 Å². The fraction of sp³-hybridized carbons (Fsp3) is 0.636. The Kier molecular flexibility index (Phi) is 3.91. The van der Waals surface area contributed by atoms with Gasteiger partial charge in [0.05, 0.1) is 6.54 Å². The van der Waals surface area contributed by atoms with E-state index in [-0.39, 0.29) is 18.2 Å². The van der Waals surface area contributed by atoms with E-state index in [2.05, 4.69) is 10.1 Å². The van der Waals surface area contributed by atoms with Gasteiger partial charge in [-0.15, -0.1) is 0 Å². The second-order valence-corrected chi connectivity index (χ2v) is 4.50. The van der Waals surface area contributed by atoms with Crippen molar-refractivity contribution in [2.75, 3.05) is 13.1 Å². The van der Waals surface area contributed by atoms with Crippen LogP contribution in [0.15, 0.2) is 12.7 Å². The van der Waals surface area contributed by atoms with Crippen LogP contribution in [-0.2, 0) is 16.1 Å². The summed E-state index contributed by atoms with van der Waals surface area (Å²) in [4.78, 5) is 28.0. The van der Waals surface area contributed by atoms with Crippen LogP contribution in [0.25, 0.3) is 0 Å². The van der Waals surface area contributed by atoms with Crippen LogP contribution in [0.2, 0.25) is 0 Å². The highest BCUT2D eigenvalue weighted by molar-refractivity contribution is 5.76. The molecule has 2 rings (SSSR count). The summed E-state index contributed by atoms with van der Waals surface area (Å²) in [5, 5.41) is 12.6. The normalized spacial score (nSPS) is 19.1. The van der Waals surface area contributed by atoms with Gasteiger partial charge >= 0.3 is 5.97 Å². The van der Waals surface area contributed by atoms with Gasteiger partial charge in [-0.3, -0.25) is 14.3 Å². The third-order valence-corrected chi connectivity index (χ3v) is 3.12. The van der Waals surface area contributed by atoms with Crippen LogP contribution in [-0.4, -0.2) is 49.7 Å². The number of aliphatic carboxylic acids is 1. The highest BCUT2D eigenvalue weighted by Crippen LogP contribution is 2.20. The third kappa shape index (κ3) is 3.28. The number of carbonyl (C=O) groups is 2. The monoisotopic (exact) mass is 252 g/mol. The fourth-order valence-corrected chi connectivity index (χ4v) is 2.19. The van der Waals surface area contributed by atoms with Crippen molar-refractivity contribution in [1.29, 1.82) is 0 Å². The van der Waals surface area contributed by atoms with Crippen molar-refractivity contribution in [2.45, 2.75) is 25.8 Å². The molecule has 0 radical (unpaired) electrons. The maximum atomic E-state index is 11.9. The van der Waals surface area contributed by atoms with Gasteiger partial charge in [0, 0.05) is 25.9 Å². The lowest BCUT2D eigenvalue weighted by Crippen LogP contribution is -2.29. The van der Waals surface area contributed by atoms with E-state index in [1.165, 1.54) is 6.33 Å². The van der Waals surface area contributed by atoms with Gasteiger partial charge in [0.2, 0.25) is 5.91 Å². The molecule has 1 amide bonds. The Balaban J connectivity index is 1.75. The number of hydrogen-bond acceptors (Lipinski definition) is 4. The lowest BCUT2D eigenvalue weighted by molar-refractivity contribution is -0.138. The molecule has 98 valence electrons. The minimum atomic E-state index is -0.795. The Morgan fingerprint density at radius 3 is 2.94 bits per heavy atom. The predicted molar refractivity (Wildman–Crippen MR) is 61.6 cm³/mol. The van der Waals surface area contributed by atoms with E-state index in [1.807, 2.05) is 0 Å². The summed E-state index contributed by atoms with van der Waals surface area (Å²) in [5.41, 5.74) is 0. The maximum absolute atomic E-state index is 11.9. The number of carbonyl (C=O) groups excluding carboxylic acids is 1. The van der Waals surface area contributed by atoms with E-state index in [9.17, 15) is 9.59 Å². The highest BCUT2D eigenvalue weighted by atomic mass is 16.4. The van der Waals surface area contributed by atoms with Crippen molar-refractivity contribution in [2.24, 2.45) is 5.92 Å². The molecular formula is C11H16N4O3. The summed E-state index contributed by atoms with van der Waals surface area (Å²) >= 11 is 0. The Labute approximate surface area is 104 Å². The molecule has 0 aromatic carbocycles. The maximum Gasteiger partial charge on any atom is 0.303 e. The molecular weight excluding hydrogens is 236 g/mol. The number of amides is 1. The first-order valence-corrected chi connectivity index (χ1v) is 5.97. The number of likely N-dealkylation sites (tertiary alicyclic amines) is 1. The number of aryl methyl sites for hydroxylation is 1. The van der Waals surface area contributed by atoms with E-state index in [0.717, 1.165) is 6.42 Å². The number of carboxylic acids is 1. The average Bonchev–Trinajstić information content (AvgIpc) is 2.95. The molecule has 0 bridgehead atoms. The first-order valence-electron chi connectivity index (χ1n) is 5.97. The van der Waals surface area contributed by atoms with E-state index >= 15 is 0 Å². The summed E-state index contributed by atoms with van der Waals surface area (Å²) in [7, 11) is 0. The number of rotatable bonds is 5. The minimum absolute atomic E-state index is 0.0541. The summed E-state index contributed by atoms with van der Waals surface area (Å²) in [6.07, 6.45) is 4.31. The first kappa shape index (κ1) is 12.5. The highest BCUT2D eigenvalue weighted by Gasteiger charge is 2.27. The van der Waals surface area contributed by atoms with Crippen LogP contribution >= 0.6 is 0 Å². The summed E-state index contributed by atoms with van der Waals surface area (Å²) in [6, 6.07) is 0. The molecule has 1 aliphatic heterocycles. The fourth-order valence-electron chi connectivity index (χ4n) is 2.19.